The molecule has 98 valence electrons. The topological polar surface area (TPSA) is 52.3 Å². The van der Waals surface area contributed by atoms with Crippen LogP contribution >= 0.6 is 23.2 Å². The lowest BCUT2D eigenvalue weighted by atomic mass is 10.1. The minimum Gasteiger partial charge on any atom is -0.487 e. The smallest absolute Gasteiger partial charge is 0.248 e. The highest BCUT2D eigenvalue weighted by molar-refractivity contribution is 6.34. The van der Waals surface area contributed by atoms with Gasteiger partial charge in [-0.15, -0.1) is 0 Å². The Hall–Kier alpha value is -1.71. The van der Waals surface area contributed by atoms with Gasteiger partial charge in [-0.1, -0.05) is 35.3 Å². The number of nitrogens with two attached hydrogens (primary N) is 1. The third kappa shape index (κ3) is 3.63. The van der Waals surface area contributed by atoms with Crippen molar-refractivity contribution in [1.29, 1.82) is 0 Å². The molecule has 0 radical (unpaired) electrons. The first-order valence-electron chi connectivity index (χ1n) is 5.53. The summed E-state index contributed by atoms with van der Waals surface area (Å²) in [6.45, 7) is 0.332. The normalized spacial score (nSPS) is 10.2. The zero-order valence-corrected chi connectivity index (χ0v) is 11.4. The molecule has 0 unspecified atom stereocenters. The Kier molecular flexibility index (Phi) is 4.30. The lowest BCUT2D eigenvalue weighted by Crippen LogP contribution is -2.10. The summed E-state index contributed by atoms with van der Waals surface area (Å²) in [5.41, 5.74) is 6.53. The van der Waals surface area contributed by atoms with Crippen LogP contribution in [0.15, 0.2) is 42.5 Å². The third-order valence-corrected chi connectivity index (χ3v) is 3.07. The van der Waals surface area contributed by atoms with E-state index in [-0.39, 0.29) is 0 Å². The molecule has 0 aliphatic carbocycles. The molecule has 0 saturated heterocycles. The number of hydrogen-bond donors (Lipinski definition) is 1. The molecule has 19 heavy (non-hydrogen) atoms. The minimum absolute atomic E-state index is 0.332. The Morgan fingerprint density at radius 2 is 1.79 bits per heavy atom. The van der Waals surface area contributed by atoms with Crippen LogP contribution in [-0.4, -0.2) is 5.91 Å². The van der Waals surface area contributed by atoms with E-state index in [2.05, 4.69) is 0 Å². The molecular formula is C14H11Cl2NO2. The summed E-state index contributed by atoms with van der Waals surface area (Å²) in [7, 11) is 0. The molecule has 0 fully saturated rings. The number of rotatable bonds is 4. The maximum absolute atomic E-state index is 10.9. The van der Waals surface area contributed by atoms with Gasteiger partial charge < -0.3 is 10.5 Å². The van der Waals surface area contributed by atoms with Crippen molar-refractivity contribution < 1.29 is 9.53 Å². The summed E-state index contributed by atoms with van der Waals surface area (Å²) in [5.74, 6) is 0.0681. The van der Waals surface area contributed by atoms with Gasteiger partial charge in [0.25, 0.3) is 0 Å². The highest BCUT2D eigenvalue weighted by Crippen LogP contribution is 2.28. The van der Waals surface area contributed by atoms with Gasteiger partial charge in [-0.3, -0.25) is 4.79 Å². The fraction of sp³-hybridized carbons (Fsp3) is 0.0714. The molecular weight excluding hydrogens is 285 g/mol. The number of amides is 1. The Morgan fingerprint density at radius 3 is 2.42 bits per heavy atom. The molecule has 3 nitrogen and oxygen atoms in total. The summed E-state index contributed by atoms with van der Waals surface area (Å²) in [5, 5.41) is 1.06. The predicted octanol–water partition coefficient (Wildman–Crippen LogP) is 3.67. The quantitative estimate of drug-likeness (QED) is 0.935. The molecule has 2 N–H and O–H groups in total. The lowest BCUT2D eigenvalue weighted by Gasteiger charge is -2.08. The van der Waals surface area contributed by atoms with E-state index in [0.29, 0.717) is 28.0 Å². The maximum Gasteiger partial charge on any atom is 0.248 e. The van der Waals surface area contributed by atoms with Crippen molar-refractivity contribution in [3.05, 3.63) is 63.6 Å². The van der Waals surface area contributed by atoms with Crippen LogP contribution in [0.3, 0.4) is 0 Å². The first-order valence-corrected chi connectivity index (χ1v) is 6.28. The van der Waals surface area contributed by atoms with Gasteiger partial charge in [-0.05, 0) is 29.8 Å². The molecule has 0 spiro atoms. The maximum atomic E-state index is 10.9. The zero-order chi connectivity index (χ0) is 13.8. The van der Waals surface area contributed by atoms with Crippen molar-refractivity contribution >= 4 is 29.1 Å². The number of benzene rings is 2. The largest absolute Gasteiger partial charge is 0.487 e. The Labute approximate surface area is 120 Å². The summed E-state index contributed by atoms with van der Waals surface area (Å²) in [4.78, 5) is 10.9. The van der Waals surface area contributed by atoms with Crippen molar-refractivity contribution in [2.24, 2.45) is 5.73 Å². The number of ether oxygens (including phenoxy) is 1. The molecule has 0 saturated carbocycles. The second kappa shape index (κ2) is 5.95. The molecule has 2 rings (SSSR count). The Balaban J connectivity index is 2.06. The van der Waals surface area contributed by atoms with E-state index in [1.807, 2.05) is 0 Å². The van der Waals surface area contributed by atoms with Crippen LogP contribution in [0.2, 0.25) is 10.0 Å². The first-order chi connectivity index (χ1) is 9.06. The number of carbonyl (C=O) groups excluding carboxylic acids is 1. The van der Waals surface area contributed by atoms with E-state index in [9.17, 15) is 4.79 Å². The van der Waals surface area contributed by atoms with Crippen molar-refractivity contribution in [1.82, 2.24) is 0 Å². The predicted molar refractivity (Wildman–Crippen MR) is 75.8 cm³/mol. The van der Waals surface area contributed by atoms with Crippen molar-refractivity contribution in [3.63, 3.8) is 0 Å². The standard InChI is InChI=1S/C14H11Cl2NO2/c15-11-5-6-12(16)13(7-11)19-8-9-1-3-10(4-2-9)14(17)18/h1-7H,8H2,(H2,17,18). The monoisotopic (exact) mass is 295 g/mol. The second-order valence-corrected chi connectivity index (χ2v) is 4.77. The molecule has 0 aliphatic rings. The van der Waals surface area contributed by atoms with Crippen LogP contribution in [0.25, 0.3) is 0 Å². The van der Waals surface area contributed by atoms with Crippen LogP contribution in [-0.2, 0) is 6.61 Å². The fourth-order valence-corrected chi connectivity index (χ4v) is 1.85. The number of primary amides is 1. The SMILES string of the molecule is NC(=O)c1ccc(COc2cc(Cl)ccc2Cl)cc1. The van der Waals surface area contributed by atoms with E-state index in [0.717, 1.165) is 5.56 Å². The van der Waals surface area contributed by atoms with E-state index in [1.54, 1.807) is 42.5 Å². The van der Waals surface area contributed by atoms with Crippen LogP contribution in [0.1, 0.15) is 15.9 Å². The minimum atomic E-state index is -0.453. The Morgan fingerprint density at radius 1 is 1.11 bits per heavy atom. The van der Waals surface area contributed by atoms with E-state index in [4.69, 9.17) is 33.7 Å². The number of halogens is 2. The van der Waals surface area contributed by atoms with Crippen molar-refractivity contribution in [3.8, 4) is 5.75 Å². The van der Waals surface area contributed by atoms with Crippen molar-refractivity contribution in [2.75, 3.05) is 0 Å². The average Bonchev–Trinajstić information content (AvgIpc) is 2.40. The molecule has 0 aliphatic heterocycles. The molecule has 0 heterocycles. The van der Waals surface area contributed by atoms with Crippen LogP contribution in [0, 0.1) is 0 Å². The van der Waals surface area contributed by atoms with Gasteiger partial charge in [0.15, 0.2) is 0 Å². The summed E-state index contributed by atoms with van der Waals surface area (Å²) < 4.78 is 5.57. The second-order valence-electron chi connectivity index (χ2n) is 3.92. The molecule has 1 amide bonds. The molecule has 0 aromatic heterocycles. The van der Waals surface area contributed by atoms with Crippen LogP contribution < -0.4 is 10.5 Å². The lowest BCUT2D eigenvalue weighted by molar-refractivity contribution is 0.1000. The molecule has 2 aromatic carbocycles. The Bertz CT molecular complexity index is 597. The highest BCUT2D eigenvalue weighted by atomic mass is 35.5. The van der Waals surface area contributed by atoms with Gasteiger partial charge in [0.1, 0.15) is 12.4 Å². The van der Waals surface area contributed by atoms with E-state index >= 15 is 0 Å². The first kappa shape index (κ1) is 13.7. The highest BCUT2D eigenvalue weighted by Gasteiger charge is 2.04. The van der Waals surface area contributed by atoms with Gasteiger partial charge in [0.05, 0.1) is 5.02 Å². The summed E-state index contributed by atoms with van der Waals surface area (Å²) >= 11 is 11.8. The zero-order valence-electron chi connectivity index (χ0n) is 9.90. The van der Waals surface area contributed by atoms with Crippen LogP contribution in [0.5, 0.6) is 5.75 Å². The van der Waals surface area contributed by atoms with E-state index in [1.165, 1.54) is 0 Å². The molecule has 2 aromatic rings. The number of carbonyl (C=O) groups is 1. The molecule has 0 atom stereocenters. The van der Waals surface area contributed by atoms with Gasteiger partial charge >= 0.3 is 0 Å². The average molecular weight is 296 g/mol. The third-order valence-electron chi connectivity index (χ3n) is 2.53. The summed E-state index contributed by atoms with van der Waals surface area (Å²) in [6, 6.07) is 11.9. The van der Waals surface area contributed by atoms with Crippen LogP contribution in [0.4, 0.5) is 0 Å². The van der Waals surface area contributed by atoms with E-state index < -0.39 is 5.91 Å². The van der Waals surface area contributed by atoms with Gasteiger partial charge in [-0.25, -0.2) is 0 Å². The van der Waals surface area contributed by atoms with Gasteiger partial charge in [0.2, 0.25) is 5.91 Å². The van der Waals surface area contributed by atoms with Gasteiger partial charge in [-0.2, -0.15) is 0 Å². The number of hydrogen-bond acceptors (Lipinski definition) is 2. The molecule has 0 bridgehead atoms. The van der Waals surface area contributed by atoms with Crippen molar-refractivity contribution in [2.45, 2.75) is 6.61 Å². The van der Waals surface area contributed by atoms with Gasteiger partial charge in [0, 0.05) is 16.7 Å². The molecule has 5 heteroatoms. The summed E-state index contributed by atoms with van der Waals surface area (Å²) in [6.07, 6.45) is 0. The fourth-order valence-electron chi connectivity index (χ4n) is 1.51.